The van der Waals surface area contributed by atoms with Crippen LogP contribution in [0.2, 0.25) is 0 Å². The van der Waals surface area contributed by atoms with Crippen LogP contribution >= 0.6 is 11.5 Å². The van der Waals surface area contributed by atoms with E-state index in [9.17, 15) is 0 Å². The summed E-state index contributed by atoms with van der Waals surface area (Å²) in [6.45, 7) is 3.44. The molecule has 5 heteroatoms. The SMILES string of the molecule is c1ccc2c(N3CCC4(CC3)OCCO4)snc2c1. The lowest BCUT2D eigenvalue weighted by Gasteiger charge is -2.38. The topological polar surface area (TPSA) is 34.6 Å². The summed E-state index contributed by atoms with van der Waals surface area (Å²) in [4.78, 5) is 2.41. The first-order valence-electron chi connectivity index (χ1n) is 6.74. The molecule has 4 nitrogen and oxygen atoms in total. The van der Waals surface area contributed by atoms with Crippen LogP contribution < -0.4 is 4.90 Å². The van der Waals surface area contributed by atoms with E-state index in [0.717, 1.165) is 44.7 Å². The minimum atomic E-state index is -0.295. The molecular formula is C14H16N2O2S. The van der Waals surface area contributed by atoms with Gasteiger partial charge in [0.1, 0.15) is 5.00 Å². The van der Waals surface area contributed by atoms with Crippen LogP contribution in [-0.2, 0) is 9.47 Å². The van der Waals surface area contributed by atoms with Crippen molar-refractivity contribution in [3.05, 3.63) is 24.3 Å². The van der Waals surface area contributed by atoms with E-state index in [1.165, 1.54) is 10.4 Å². The van der Waals surface area contributed by atoms with E-state index in [4.69, 9.17) is 9.47 Å². The van der Waals surface area contributed by atoms with Gasteiger partial charge in [0.2, 0.25) is 0 Å². The van der Waals surface area contributed by atoms with Gasteiger partial charge in [0.25, 0.3) is 0 Å². The van der Waals surface area contributed by atoms with Crippen molar-refractivity contribution in [2.45, 2.75) is 18.6 Å². The Morgan fingerprint density at radius 1 is 1.11 bits per heavy atom. The molecule has 2 aliphatic rings. The summed E-state index contributed by atoms with van der Waals surface area (Å²) in [7, 11) is 0. The molecule has 0 unspecified atom stereocenters. The Kier molecular flexibility index (Phi) is 2.72. The highest BCUT2D eigenvalue weighted by Gasteiger charge is 2.40. The van der Waals surface area contributed by atoms with Crippen molar-refractivity contribution in [1.82, 2.24) is 4.37 Å². The maximum Gasteiger partial charge on any atom is 0.171 e. The Labute approximate surface area is 116 Å². The van der Waals surface area contributed by atoms with Gasteiger partial charge in [-0.3, -0.25) is 0 Å². The molecule has 1 aromatic carbocycles. The number of rotatable bonds is 1. The molecule has 0 radical (unpaired) electrons. The number of anilines is 1. The van der Waals surface area contributed by atoms with E-state index in [2.05, 4.69) is 27.5 Å². The fourth-order valence-electron chi connectivity index (χ4n) is 2.94. The van der Waals surface area contributed by atoms with Gasteiger partial charge in [0, 0.05) is 31.3 Å². The molecule has 2 aliphatic heterocycles. The molecule has 0 atom stereocenters. The molecule has 0 aliphatic carbocycles. The van der Waals surface area contributed by atoms with Gasteiger partial charge in [0.15, 0.2) is 5.79 Å². The van der Waals surface area contributed by atoms with Crippen LogP contribution in [0.5, 0.6) is 0 Å². The molecule has 2 saturated heterocycles. The van der Waals surface area contributed by atoms with E-state index in [1.807, 2.05) is 6.07 Å². The Balaban J connectivity index is 1.58. The number of piperidine rings is 1. The molecule has 2 fully saturated rings. The van der Waals surface area contributed by atoms with Gasteiger partial charge in [-0.2, -0.15) is 4.37 Å². The highest BCUT2D eigenvalue weighted by atomic mass is 32.1. The molecule has 3 heterocycles. The second-order valence-electron chi connectivity index (χ2n) is 5.10. The first kappa shape index (κ1) is 11.6. The smallest absolute Gasteiger partial charge is 0.171 e. The van der Waals surface area contributed by atoms with Crippen LogP contribution in [0.15, 0.2) is 24.3 Å². The van der Waals surface area contributed by atoms with Crippen LogP contribution in [0.25, 0.3) is 10.9 Å². The fourth-order valence-corrected chi connectivity index (χ4v) is 3.85. The third-order valence-electron chi connectivity index (χ3n) is 3.99. The highest BCUT2D eigenvalue weighted by Crippen LogP contribution is 2.37. The van der Waals surface area contributed by atoms with Crippen LogP contribution in [-0.4, -0.2) is 36.5 Å². The Morgan fingerprint density at radius 3 is 2.63 bits per heavy atom. The van der Waals surface area contributed by atoms with Gasteiger partial charge < -0.3 is 14.4 Å². The number of ether oxygens (including phenoxy) is 2. The predicted octanol–water partition coefficient (Wildman–Crippen LogP) is 2.64. The van der Waals surface area contributed by atoms with E-state index in [-0.39, 0.29) is 5.79 Å². The monoisotopic (exact) mass is 276 g/mol. The predicted molar refractivity (Wildman–Crippen MR) is 75.7 cm³/mol. The van der Waals surface area contributed by atoms with Crippen molar-refractivity contribution >= 4 is 27.4 Å². The summed E-state index contributed by atoms with van der Waals surface area (Å²) < 4.78 is 16.1. The second-order valence-corrected chi connectivity index (χ2v) is 5.85. The van der Waals surface area contributed by atoms with E-state index in [1.54, 1.807) is 11.5 Å². The van der Waals surface area contributed by atoms with E-state index >= 15 is 0 Å². The minimum absolute atomic E-state index is 0.295. The molecule has 19 heavy (non-hydrogen) atoms. The fraction of sp³-hybridized carbons (Fsp3) is 0.500. The Hall–Kier alpha value is -1.17. The van der Waals surface area contributed by atoms with Crippen molar-refractivity contribution in [3.63, 3.8) is 0 Å². The van der Waals surface area contributed by atoms with Crippen LogP contribution in [0.3, 0.4) is 0 Å². The molecule has 0 amide bonds. The van der Waals surface area contributed by atoms with Crippen LogP contribution in [0.1, 0.15) is 12.8 Å². The normalized spacial score (nSPS) is 22.4. The number of hydrogen-bond acceptors (Lipinski definition) is 5. The Bertz CT molecular complexity index is 582. The number of hydrogen-bond donors (Lipinski definition) is 0. The van der Waals surface area contributed by atoms with Crippen LogP contribution in [0, 0.1) is 0 Å². The molecular weight excluding hydrogens is 260 g/mol. The molecule has 1 aromatic heterocycles. The first-order valence-corrected chi connectivity index (χ1v) is 7.51. The number of aromatic nitrogens is 1. The summed E-state index contributed by atoms with van der Waals surface area (Å²) in [5.74, 6) is -0.295. The molecule has 0 saturated carbocycles. The second kappa shape index (κ2) is 4.44. The summed E-state index contributed by atoms with van der Waals surface area (Å²) in [5, 5.41) is 2.54. The standard InChI is InChI=1S/C14H16N2O2S/c1-2-4-12-11(3-1)13(19-15-12)16-7-5-14(6-8-16)17-9-10-18-14/h1-4H,5-10H2. The average molecular weight is 276 g/mol. The van der Waals surface area contributed by atoms with Gasteiger partial charge in [-0.05, 0) is 23.7 Å². The molecule has 0 bridgehead atoms. The number of benzene rings is 1. The van der Waals surface area contributed by atoms with E-state index < -0.39 is 0 Å². The molecule has 0 N–H and O–H groups in total. The van der Waals surface area contributed by atoms with E-state index in [0.29, 0.717) is 0 Å². The van der Waals surface area contributed by atoms with Crippen molar-refractivity contribution in [1.29, 1.82) is 0 Å². The third kappa shape index (κ3) is 1.93. The number of nitrogens with zero attached hydrogens (tertiary/aromatic N) is 2. The minimum Gasteiger partial charge on any atom is -0.361 e. The zero-order chi connectivity index (χ0) is 12.7. The van der Waals surface area contributed by atoms with Crippen LogP contribution in [0.4, 0.5) is 5.00 Å². The third-order valence-corrected chi connectivity index (χ3v) is 4.93. The molecule has 100 valence electrons. The lowest BCUT2D eigenvalue weighted by Crippen LogP contribution is -2.45. The quantitative estimate of drug-likeness (QED) is 0.802. The molecule has 2 aromatic rings. The van der Waals surface area contributed by atoms with Gasteiger partial charge in [0.05, 0.1) is 18.7 Å². The van der Waals surface area contributed by atoms with Crippen molar-refractivity contribution < 1.29 is 9.47 Å². The maximum atomic E-state index is 5.77. The Morgan fingerprint density at radius 2 is 1.84 bits per heavy atom. The zero-order valence-corrected chi connectivity index (χ0v) is 11.5. The summed E-state index contributed by atoms with van der Waals surface area (Å²) in [5.41, 5.74) is 1.09. The van der Waals surface area contributed by atoms with Gasteiger partial charge in [-0.1, -0.05) is 12.1 Å². The summed E-state index contributed by atoms with van der Waals surface area (Å²) in [6.07, 6.45) is 1.89. The van der Waals surface area contributed by atoms with Crippen molar-refractivity contribution in [3.8, 4) is 0 Å². The summed E-state index contributed by atoms with van der Waals surface area (Å²) >= 11 is 1.59. The molecule has 1 spiro atoms. The van der Waals surface area contributed by atoms with Gasteiger partial charge in [-0.15, -0.1) is 0 Å². The first-order chi connectivity index (χ1) is 9.36. The van der Waals surface area contributed by atoms with Gasteiger partial charge >= 0.3 is 0 Å². The zero-order valence-electron chi connectivity index (χ0n) is 10.7. The number of fused-ring (bicyclic) bond motifs is 1. The highest BCUT2D eigenvalue weighted by molar-refractivity contribution is 7.11. The van der Waals surface area contributed by atoms with Gasteiger partial charge in [-0.25, -0.2) is 0 Å². The molecule has 4 rings (SSSR count). The lowest BCUT2D eigenvalue weighted by atomic mass is 10.0. The van der Waals surface area contributed by atoms with Crippen molar-refractivity contribution in [2.75, 3.05) is 31.2 Å². The maximum absolute atomic E-state index is 5.77. The average Bonchev–Trinajstić information content (AvgIpc) is 3.08. The lowest BCUT2D eigenvalue weighted by molar-refractivity contribution is -0.169. The summed E-state index contributed by atoms with van der Waals surface area (Å²) in [6, 6.07) is 8.34. The van der Waals surface area contributed by atoms with Crippen molar-refractivity contribution in [2.24, 2.45) is 0 Å². The largest absolute Gasteiger partial charge is 0.361 e.